The number of nitrogens with one attached hydrogen (secondary N) is 1. The average Bonchev–Trinajstić information content (AvgIpc) is 2.44. The van der Waals surface area contributed by atoms with E-state index in [9.17, 15) is 9.18 Å². The van der Waals surface area contributed by atoms with E-state index in [0.29, 0.717) is 10.7 Å². The second-order valence-electron chi connectivity index (χ2n) is 3.90. The summed E-state index contributed by atoms with van der Waals surface area (Å²) in [5, 5.41) is 3.13. The fourth-order valence-corrected chi connectivity index (χ4v) is 1.70. The van der Waals surface area contributed by atoms with Crippen molar-refractivity contribution in [2.24, 2.45) is 0 Å². The molecule has 0 fully saturated rings. The molecule has 0 aliphatic carbocycles. The third-order valence-electron chi connectivity index (χ3n) is 2.52. The molecule has 0 aliphatic rings. The van der Waals surface area contributed by atoms with E-state index < -0.39 is 11.8 Å². The minimum absolute atomic E-state index is 0.216. The third kappa shape index (κ3) is 2.97. The lowest BCUT2D eigenvalue weighted by Crippen LogP contribution is -2.06. The highest BCUT2D eigenvalue weighted by molar-refractivity contribution is 6.33. The van der Waals surface area contributed by atoms with Crippen molar-refractivity contribution in [2.45, 2.75) is 0 Å². The molecule has 20 heavy (non-hydrogen) atoms. The van der Waals surface area contributed by atoms with E-state index >= 15 is 0 Å². The minimum atomic E-state index is -0.542. The molecule has 2 aromatic rings. The highest BCUT2D eigenvalue weighted by Crippen LogP contribution is 2.28. The van der Waals surface area contributed by atoms with Crippen LogP contribution in [0.25, 0.3) is 0 Å². The summed E-state index contributed by atoms with van der Waals surface area (Å²) in [5.74, 6) is -0.716. The number of hydrogen-bond donors (Lipinski definition) is 2. The van der Waals surface area contributed by atoms with Gasteiger partial charge in [-0.3, -0.25) is 0 Å². The van der Waals surface area contributed by atoms with Crippen LogP contribution in [0.15, 0.2) is 30.5 Å². The number of rotatable bonds is 3. The van der Waals surface area contributed by atoms with Gasteiger partial charge in [0, 0.05) is 6.20 Å². The first-order valence-electron chi connectivity index (χ1n) is 5.57. The molecule has 0 atom stereocenters. The summed E-state index contributed by atoms with van der Waals surface area (Å²) < 4.78 is 17.7. The van der Waals surface area contributed by atoms with Crippen molar-refractivity contribution >= 4 is 34.8 Å². The molecule has 1 aromatic heterocycles. The Labute approximate surface area is 119 Å². The Morgan fingerprint density at radius 1 is 1.45 bits per heavy atom. The van der Waals surface area contributed by atoms with Crippen molar-refractivity contribution in [3.63, 3.8) is 0 Å². The summed E-state index contributed by atoms with van der Waals surface area (Å²) in [7, 11) is 1.26. The van der Waals surface area contributed by atoms with Gasteiger partial charge in [0.05, 0.1) is 29.1 Å². The van der Waals surface area contributed by atoms with Crippen LogP contribution in [-0.2, 0) is 4.74 Å². The maximum Gasteiger partial charge on any atom is 0.339 e. The van der Waals surface area contributed by atoms with Gasteiger partial charge in [-0.05, 0) is 24.3 Å². The first kappa shape index (κ1) is 14.1. The van der Waals surface area contributed by atoms with Crippen LogP contribution in [0, 0.1) is 5.82 Å². The number of aromatic nitrogens is 1. The summed E-state index contributed by atoms with van der Waals surface area (Å²) in [4.78, 5) is 15.3. The van der Waals surface area contributed by atoms with E-state index in [-0.39, 0.29) is 17.1 Å². The molecule has 0 saturated heterocycles. The van der Waals surface area contributed by atoms with Crippen molar-refractivity contribution in [1.82, 2.24) is 4.98 Å². The molecule has 0 amide bonds. The number of nitrogen functional groups attached to an aromatic ring is 1. The molecule has 0 spiro atoms. The predicted molar refractivity (Wildman–Crippen MR) is 74.7 cm³/mol. The molecule has 2 rings (SSSR count). The normalized spacial score (nSPS) is 10.2. The van der Waals surface area contributed by atoms with E-state index in [1.165, 1.54) is 37.6 Å². The summed E-state index contributed by atoms with van der Waals surface area (Å²) in [6, 6.07) is 5.29. The lowest BCUT2D eigenvalue weighted by atomic mass is 10.2. The quantitative estimate of drug-likeness (QED) is 0.851. The van der Waals surface area contributed by atoms with Gasteiger partial charge in [0.1, 0.15) is 5.82 Å². The number of carbonyl (C=O) groups is 1. The molecular weight excluding hydrogens is 285 g/mol. The van der Waals surface area contributed by atoms with Gasteiger partial charge >= 0.3 is 5.97 Å². The first-order valence-corrected chi connectivity index (χ1v) is 5.95. The van der Waals surface area contributed by atoms with Crippen LogP contribution in [-0.4, -0.2) is 18.1 Å². The van der Waals surface area contributed by atoms with E-state index in [4.69, 9.17) is 17.3 Å². The molecule has 1 heterocycles. The molecule has 0 unspecified atom stereocenters. The zero-order valence-corrected chi connectivity index (χ0v) is 11.2. The molecule has 1 aromatic carbocycles. The fourth-order valence-electron chi connectivity index (χ4n) is 1.54. The Morgan fingerprint density at radius 3 is 2.85 bits per heavy atom. The van der Waals surface area contributed by atoms with E-state index in [2.05, 4.69) is 15.0 Å². The Balaban J connectivity index is 2.30. The van der Waals surface area contributed by atoms with Crippen LogP contribution in [0.1, 0.15) is 10.4 Å². The zero-order chi connectivity index (χ0) is 14.7. The number of methoxy groups -OCH3 is 1. The maximum atomic E-state index is 13.2. The molecule has 104 valence electrons. The van der Waals surface area contributed by atoms with Crippen LogP contribution in [0.4, 0.5) is 21.6 Å². The Bertz CT molecular complexity index is 664. The molecule has 0 radical (unpaired) electrons. The van der Waals surface area contributed by atoms with Gasteiger partial charge in [-0.15, -0.1) is 0 Å². The van der Waals surface area contributed by atoms with Crippen LogP contribution in [0.3, 0.4) is 0 Å². The van der Waals surface area contributed by atoms with E-state index in [0.717, 1.165) is 0 Å². The van der Waals surface area contributed by atoms with E-state index in [1.54, 1.807) is 0 Å². The van der Waals surface area contributed by atoms with Gasteiger partial charge in [0.25, 0.3) is 0 Å². The van der Waals surface area contributed by atoms with Gasteiger partial charge < -0.3 is 15.8 Å². The number of halogens is 2. The summed E-state index contributed by atoms with van der Waals surface area (Å²) in [6.45, 7) is 0. The standard InChI is InChI=1S/C13H11ClFN3O2/c1-20-13(19)7-4-10(16)12(17-6-7)18-11-5-8(15)2-3-9(11)14/h2-6H,16H2,1H3,(H,17,18). The molecule has 0 saturated carbocycles. The SMILES string of the molecule is COC(=O)c1cnc(Nc2cc(F)ccc2Cl)c(N)c1. The van der Waals surface area contributed by atoms with Gasteiger partial charge in [-0.2, -0.15) is 0 Å². The molecule has 7 heteroatoms. The highest BCUT2D eigenvalue weighted by Gasteiger charge is 2.11. The van der Waals surface area contributed by atoms with Crippen LogP contribution >= 0.6 is 11.6 Å². The maximum absolute atomic E-state index is 13.2. The Kier molecular flexibility index (Phi) is 4.05. The number of ether oxygens (including phenoxy) is 1. The number of carbonyl (C=O) groups excluding carboxylic acids is 1. The van der Waals surface area contributed by atoms with Gasteiger partial charge in [0.15, 0.2) is 5.82 Å². The second-order valence-corrected chi connectivity index (χ2v) is 4.31. The van der Waals surface area contributed by atoms with Gasteiger partial charge in [0.2, 0.25) is 0 Å². The first-order chi connectivity index (χ1) is 9.51. The van der Waals surface area contributed by atoms with Crippen molar-refractivity contribution in [1.29, 1.82) is 0 Å². The third-order valence-corrected chi connectivity index (χ3v) is 2.85. The largest absolute Gasteiger partial charge is 0.465 e. The topological polar surface area (TPSA) is 77.2 Å². The van der Waals surface area contributed by atoms with Gasteiger partial charge in [-0.1, -0.05) is 11.6 Å². The predicted octanol–water partition coefficient (Wildman–Crippen LogP) is 2.99. The number of esters is 1. The smallest absolute Gasteiger partial charge is 0.339 e. The summed E-state index contributed by atoms with van der Waals surface area (Å²) in [6.07, 6.45) is 1.30. The monoisotopic (exact) mass is 295 g/mol. The van der Waals surface area contributed by atoms with Crippen molar-refractivity contribution in [3.05, 3.63) is 46.9 Å². The fraction of sp³-hybridized carbons (Fsp3) is 0.0769. The van der Waals surface area contributed by atoms with Crippen LogP contribution in [0.5, 0.6) is 0 Å². The number of hydrogen-bond acceptors (Lipinski definition) is 5. The average molecular weight is 296 g/mol. The molecule has 0 bridgehead atoms. The number of nitrogens with two attached hydrogens (primary N) is 1. The number of anilines is 3. The van der Waals surface area contributed by atoms with Crippen molar-refractivity contribution in [3.8, 4) is 0 Å². The molecular formula is C13H11ClFN3O2. The van der Waals surface area contributed by atoms with Crippen molar-refractivity contribution in [2.75, 3.05) is 18.2 Å². The lowest BCUT2D eigenvalue weighted by molar-refractivity contribution is 0.0600. The molecule has 5 nitrogen and oxygen atoms in total. The minimum Gasteiger partial charge on any atom is -0.465 e. The number of nitrogens with zero attached hydrogens (tertiary/aromatic N) is 1. The number of benzene rings is 1. The molecule has 3 N–H and O–H groups in total. The Morgan fingerprint density at radius 2 is 2.20 bits per heavy atom. The summed E-state index contributed by atoms with van der Waals surface area (Å²) in [5.41, 5.74) is 6.55. The molecule has 0 aliphatic heterocycles. The lowest BCUT2D eigenvalue weighted by Gasteiger charge is -2.10. The number of pyridine rings is 1. The van der Waals surface area contributed by atoms with Crippen LogP contribution in [0.2, 0.25) is 5.02 Å². The highest BCUT2D eigenvalue weighted by atomic mass is 35.5. The second kappa shape index (κ2) is 5.75. The summed E-state index contributed by atoms with van der Waals surface area (Å²) >= 11 is 5.93. The van der Waals surface area contributed by atoms with Gasteiger partial charge in [-0.25, -0.2) is 14.2 Å². The van der Waals surface area contributed by atoms with E-state index in [1.807, 2.05) is 0 Å². The van der Waals surface area contributed by atoms with Crippen LogP contribution < -0.4 is 11.1 Å². The van der Waals surface area contributed by atoms with Crippen molar-refractivity contribution < 1.29 is 13.9 Å². The Hall–Kier alpha value is -2.34. The zero-order valence-electron chi connectivity index (χ0n) is 10.5.